The highest BCUT2D eigenvalue weighted by Crippen LogP contribution is 2.17. The Morgan fingerprint density at radius 1 is 1.42 bits per heavy atom. The smallest absolute Gasteiger partial charge is 0.359 e. The summed E-state index contributed by atoms with van der Waals surface area (Å²) in [6.45, 7) is 9.31. The second-order valence-corrected chi connectivity index (χ2v) is 5.03. The van der Waals surface area contributed by atoms with E-state index in [0.717, 1.165) is 0 Å². The Balaban J connectivity index is 2.69. The maximum absolute atomic E-state index is 12.0. The van der Waals surface area contributed by atoms with Gasteiger partial charge in [-0.2, -0.15) is 0 Å². The number of ether oxygens (including phenoxy) is 2. The lowest BCUT2D eigenvalue weighted by molar-refractivity contribution is 0.00640. The Morgan fingerprint density at radius 3 is 2.79 bits per heavy atom. The Hall–Kier alpha value is -1.62. The number of anilines is 1. The fraction of sp³-hybridized carbons (Fsp3) is 0.571. The van der Waals surface area contributed by atoms with Crippen molar-refractivity contribution < 1.29 is 14.3 Å². The molecule has 19 heavy (non-hydrogen) atoms. The van der Waals surface area contributed by atoms with E-state index >= 15 is 0 Å². The molecule has 106 valence electrons. The van der Waals surface area contributed by atoms with Gasteiger partial charge in [0.25, 0.3) is 0 Å². The van der Waals surface area contributed by atoms with Gasteiger partial charge in [0.2, 0.25) is 0 Å². The fourth-order valence-electron chi connectivity index (χ4n) is 1.44. The first-order valence-electron chi connectivity index (χ1n) is 6.44. The predicted octanol–water partition coefficient (Wildman–Crippen LogP) is 2.49. The third-order valence-electron chi connectivity index (χ3n) is 2.17. The Kier molecular flexibility index (Phi) is 5.76. The van der Waals surface area contributed by atoms with Crippen LogP contribution in [0.15, 0.2) is 18.3 Å². The van der Waals surface area contributed by atoms with Gasteiger partial charge >= 0.3 is 5.97 Å². The number of nitrogens with zero attached hydrogens (tertiary/aromatic N) is 1. The normalized spacial score (nSPS) is 11.2. The van der Waals surface area contributed by atoms with Gasteiger partial charge in [-0.3, -0.25) is 0 Å². The predicted molar refractivity (Wildman–Crippen MR) is 74.4 cm³/mol. The maximum atomic E-state index is 12.0. The van der Waals surface area contributed by atoms with E-state index in [1.165, 1.54) is 0 Å². The Bertz CT molecular complexity index is 413. The van der Waals surface area contributed by atoms with Crippen molar-refractivity contribution in [3.63, 3.8) is 0 Å². The maximum Gasteiger partial charge on any atom is 0.359 e. The molecule has 1 aromatic heterocycles. The first-order chi connectivity index (χ1) is 8.94. The van der Waals surface area contributed by atoms with Crippen LogP contribution in [0.2, 0.25) is 0 Å². The van der Waals surface area contributed by atoms with Gasteiger partial charge in [0.1, 0.15) is 5.60 Å². The second-order valence-electron chi connectivity index (χ2n) is 5.03. The number of aromatic nitrogens is 1. The number of esters is 1. The quantitative estimate of drug-likeness (QED) is 0.633. The van der Waals surface area contributed by atoms with Crippen molar-refractivity contribution in [1.29, 1.82) is 0 Å². The molecule has 5 heteroatoms. The molecule has 0 aliphatic heterocycles. The van der Waals surface area contributed by atoms with E-state index < -0.39 is 11.6 Å². The molecule has 1 heterocycles. The topological polar surface area (TPSA) is 60.5 Å². The number of rotatable bonds is 6. The van der Waals surface area contributed by atoms with Crippen molar-refractivity contribution in [3.8, 4) is 0 Å². The van der Waals surface area contributed by atoms with Gasteiger partial charge in [-0.05, 0) is 39.8 Å². The molecular weight excluding hydrogens is 244 g/mol. The lowest BCUT2D eigenvalue weighted by Crippen LogP contribution is -2.25. The van der Waals surface area contributed by atoms with E-state index in [4.69, 9.17) is 9.47 Å². The SMILES string of the molecule is CCOCCNc1cccnc1C(=O)OC(C)(C)C. The van der Waals surface area contributed by atoms with Crippen LogP contribution < -0.4 is 5.32 Å². The highest BCUT2D eigenvalue weighted by atomic mass is 16.6. The molecule has 0 fully saturated rings. The molecule has 0 atom stereocenters. The van der Waals surface area contributed by atoms with E-state index in [1.807, 2.05) is 27.7 Å². The van der Waals surface area contributed by atoms with Crippen molar-refractivity contribution >= 4 is 11.7 Å². The number of carbonyl (C=O) groups excluding carboxylic acids is 1. The summed E-state index contributed by atoms with van der Waals surface area (Å²) in [6, 6.07) is 3.58. The molecule has 0 aliphatic carbocycles. The van der Waals surface area contributed by atoms with E-state index in [-0.39, 0.29) is 0 Å². The van der Waals surface area contributed by atoms with Crippen molar-refractivity contribution in [2.75, 3.05) is 25.1 Å². The average molecular weight is 266 g/mol. The van der Waals surface area contributed by atoms with Gasteiger partial charge in [-0.1, -0.05) is 0 Å². The summed E-state index contributed by atoms with van der Waals surface area (Å²) < 4.78 is 10.6. The summed E-state index contributed by atoms with van der Waals surface area (Å²) in [6.07, 6.45) is 1.58. The first kappa shape index (κ1) is 15.4. The monoisotopic (exact) mass is 266 g/mol. The minimum atomic E-state index is -0.531. The molecule has 0 saturated heterocycles. The number of hydrogen-bond donors (Lipinski definition) is 1. The van der Waals surface area contributed by atoms with Gasteiger partial charge in [-0.25, -0.2) is 9.78 Å². The lowest BCUT2D eigenvalue weighted by atomic mass is 10.2. The summed E-state index contributed by atoms with van der Waals surface area (Å²) in [4.78, 5) is 16.1. The third kappa shape index (κ3) is 5.70. The lowest BCUT2D eigenvalue weighted by Gasteiger charge is -2.20. The largest absolute Gasteiger partial charge is 0.455 e. The number of pyridine rings is 1. The molecule has 0 bridgehead atoms. The second kappa shape index (κ2) is 7.09. The summed E-state index contributed by atoms with van der Waals surface area (Å²) in [7, 11) is 0. The van der Waals surface area contributed by atoms with Gasteiger partial charge < -0.3 is 14.8 Å². The van der Waals surface area contributed by atoms with Crippen LogP contribution in [0.5, 0.6) is 0 Å². The van der Waals surface area contributed by atoms with E-state index in [9.17, 15) is 4.79 Å². The van der Waals surface area contributed by atoms with Crippen LogP contribution in [0.4, 0.5) is 5.69 Å². The number of nitrogens with one attached hydrogen (secondary N) is 1. The van der Waals surface area contributed by atoms with Crippen LogP contribution in [0.3, 0.4) is 0 Å². The highest BCUT2D eigenvalue weighted by molar-refractivity contribution is 5.93. The van der Waals surface area contributed by atoms with Crippen LogP contribution in [-0.2, 0) is 9.47 Å². The first-order valence-corrected chi connectivity index (χ1v) is 6.44. The fourth-order valence-corrected chi connectivity index (χ4v) is 1.44. The Labute approximate surface area is 114 Å². The van der Waals surface area contributed by atoms with Crippen LogP contribution in [0, 0.1) is 0 Å². The van der Waals surface area contributed by atoms with E-state index in [0.29, 0.717) is 31.1 Å². The zero-order valence-electron chi connectivity index (χ0n) is 12.0. The third-order valence-corrected chi connectivity index (χ3v) is 2.17. The van der Waals surface area contributed by atoms with Crippen LogP contribution in [0.25, 0.3) is 0 Å². The highest BCUT2D eigenvalue weighted by Gasteiger charge is 2.21. The molecule has 0 amide bonds. The minimum absolute atomic E-state index is 0.300. The number of hydrogen-bond acceptors (Lipinski definition) is 5. The van der Waals surface area contributed by atoms with Crippen molar-refractivity contribution in [3.05, 3.63) is 24.0 Å². The van der Waals surface area contributed by atoms with Crippen LogP contribution in [0.1, 0.15) is 38.2 Å². The van der Waals surface area contributed by atoms with E-state index in [1.54, 1.807) is 18.3 Å². The molecule has 1 rings (SSSR count). The molecule has 5 nitrogen and oxygen atoms in total. The summed E-state index contributed by atoms with van der Waals surface area (Å²) in [5.41, 5.74) is 0.433. The van der Waals surface area contributed by atoms with E-state index in [2.05, 4.69) is 10.3 Å². The average Bonchev–Trinajstić information content (AvgIpc) is 2.33. The van der Waals surface area contributed by atoms with Gasteiger partial charge in [-0.15, -0.1) is 0 Å². The number of carbonyl (C=O) groups is 1. The molecule has 0 aliphatic rings. The van der Waals surface area contributed by atoms with Crippen molar-refractivity contribution in [1.82, 2.24) is 4.98 Å². The molecule has 0 unspecified atom stereocenters. The summed E-state index contributed by atoms with van der Waals surface area (Å²) in [5, 5.41) is 3.13. The zero-order chi connectivity index (χ0) is 14.3. The van der Waals surface area contributed by atoms with Crippen molar-refractivity contribution in [2.24, 2.45) is 0 Å². The zero-order valence-corrected chi connectivity index (χ0v) is 12.0. The van der Waals surface area contributed by atoms with Gasteiger partial charge in [0, 0.05) is 19.3 Å². The molecule has 0 saturated carbocycles. The molecule has 1 aromatic rings. The van der Waals surface area contributed by atoms with Crippen LogP contribution in [-0.4, -0.2) is 36.3 Å². The summed E-state index contributed by atoms with van der Waals surface area (Å²) >= 11 is 0. The molecule has 0 radical (unpaired) electrons. The molecule has 1 N–H and O–H groups in total. The van der Waals surface area contributed by atoms with Crippen LogP contribution >= 0.6 is 0 Å². The molecule has 0 spiro atoms. The van der Waals surface area contributed by atoms with Crippen molar-refractivity contribution in [2.45, 2.75) is 33.3 Å². The van der Waals surface area contributed by atoms with Gasteiger partial charge in [0.15, 0.2) is 5.69 Å². The van der Waals surface area contributed by atoms with Gasteiger partial charge in [0.05, 0.1) is 12.3 Å². The summed E-state index contributed by atoms with van der Waals surface area (Å²) in [5.74, 6) is -0.424. The molecular formula is C14H22N2O3. The Morgan fingerprint density at radius 2 is 2.16 bits per heavy atom. The molecule has 0 aromatic carbocycles. The standard InChI is InChI=1S/C14H22N2O3/c1-5-18-10-9-15-11-7-6-8-16-12(11)13(17)19-14(2,3)4/h6-8,15H,5,9-10H2,1-4H3. The minimum Gasteiger partial charge on any atom is -0.455 e.